The number of carbonyl (C=O) groups is 1. The molecule has 1 amide bonds. The van der Waals surface area contributed by atoms with Gasteiger partial charge in [-0.15, -0.1) is 0 Å². The standard InChI is InChI=1S/C22H18F4N8O2/c1-10(22(24,25)26)34-20(28)13(6-27)18(33-34)14-7-29-16(19-15(14)8-31-32-19)9-30-21(35)12-5-11(23)3-4-17(12)36-2/h3-5,7-8,10H,9,28H2,1-2H3,(H,30,35)(H,31,32)/t10-/m0/s1. The van der Waals surface area contributed by atoms with Crippen molar-refractivity contribution in [1.29, 1.82) is 5.26 Å². The molecule has 0 radical (unpaired) electrons. The maximum Gasteiger partial charge on any atom is 0.410 e. The van der Waals surface area contributed by atoms with Crippen molar-refractivity contribution in [3.05, 3.63) is 53.2 Å². The first-order valence-corrected chi connectivity index (χ1v) is 10.3. The lowest BCUT2D eigenvalue weighted by Gasteiger charge is -2.17. The van der Waals surface area contributed by atoms with Gasteiger partial charge in [0.1, 0.15) is 40.8 Å². The fraction of sp³-hybridized carbons (Fsp3) is 0.227. The Balaban J connectivity index is 1.69. The quantitative estimate of drug-likeness (QED) is 0.342. The Bertz CT molecular complexity index is 1500. The molecule has 1 aromatic carbocycles. The lowest BCUT2D eigenvalue weighted by molar-refractivity contribution is -0.164. The van der Waals surface area contributed by atoms with Crippen molar-refractivity contribution < 1.29 is 27.1 Å². The summed E-state index contributed by atoms with van der Waals surface area (Å²) < 4.78 is 59.1. The first-order valence-electron chi connectivity index (χ1n) is 10.3. The highest BCUT2D eigenvalue weighted by atomic mass is 19.4. The van der Waals surface area contributed by atoms with E-state index in [4.69, 9.17) is 10.5 Å². The van der Waals surface area contributed by atoms with Gasteiger partial charge in [0.15, 0.2) is 0 Å². The molecular weight excluding hydrogens is 484 g/mol. The summed E-state index contributed by atoms with van der Waals surface area (Å²) in [6.07, 6.45) is -1.95. The number of amides is 1. The monoisotopic (exact) mass is 502 g/mol. The van der Waals surface area contributed by atoms with Crippen molar-refractivity contribution >= 4 is 22.6 Å². The molecule has 4 rings (SSSR count). The molecule has 1 atom stereocenters. The zero-order valence-electron chi connectivity index (χ0n) is 18.8. The molecule has 3 heterocycles. The van der Waals surface area contributed by atoms with Crippen molar-refractivity contribution in [2.24, 2.45) is 0 Å². The maximum atomic E-state index is 13.6. The molecule has 0 saturated carbocycles. The van der Waals surface area contributed by atoms with Crippen LogP contribution < -0.4 is 15.8 Å². The average Bonchev–Trinajstić information content (AvgIpc) is 3.46. The molecule has 4 aromatic rings. The SMILES string of the molecule is COc1ccc(F)cc1C(=O)NCc1ncc(-c2nn([C@@H](C)C(F)(F)F)c(N)c2C#N)c2cn[nH]c12. The van der Waals surface area contributed by atoms with Gasteiger partial charge in [-0.3, -0.25) is 14.9 Å². The van der Waals surface area contributed by atoms with Crippen LogP contribution in [-0.4, -0.2) is 44.2 Å². The van der Waals surface area contributed by atoms with Gasteiger partial charge >= 0.3 is 6.18 Å². The number of nitrogen functional groups attached to an aromatic ring is 1. The molecule has 14 heteroatoms. The van der Waals surface area contributed by atoms with Gasteiger partial charge in [0.05, 0.1) is 36.6 Å². The molecule has 0 aliphatic rings. The van der Waals surface area contributed by atoms with Crippen molar-refractivity contribution in [3.8, 4) is 23.1 Å². The Morgan fingerprint density at radius 2 is 2.11 bits per heavy atom. The van der Waals surface area contributed by atoms with Crippen molar-refractivity contribution in [2.75, 3.05) is 12.8 Å². The van der Waals surface area contributed by atoms with Crippen LogP contribution in [0.1, 0.15) is 34.6 Å². The summed E-state index contributed by atoms with van der Waals surface area (Å²) in [6, 6.07) is 3.24. The number of methoxy groups -OCH3 is 1. The number of nitrogens with one attached hydrogen (secondary N) is 2. The highest BCUT2D eigenvalue weighted by molar-refractivity contribution is 5.98. The molecule has 36 heavy (non-hydrogen) atoms. The number of aromatic nitrogens is 5. The Morgan fingerprint density at radius 3 is 2.78 bits per heavy atom. The first kappa shape index (κ1) is 24.5. The van der Waals surface area contributed by atoms with Crippen LogP contribution in [0.25, 0.3) is 22.2 Å². The first-order chi connectivity index (χ1) is 17.1. The number of benzene rings is 1. The molecule has 10 nitrogen and oxygen atoms in total. The number of nitriles is 1. The van der Waals surface area contributed by atoms with Crippen LogP contribution in [0, 0.1) is 17.1 Å². The summed E-state index contributed by atoms with van der Waals surface area (Å²) in [5.41, 5.74) is 6.36. The van der Waals surface area contributed by atoms with Gasteiger partial charge < -0.3 is 15.8 Å². The number of hydrogen-bond donors (Lipinski definition) is 3. The fourth-order valence-corrected chi connectivity index (χ4v) is 3.61. The molecule has 4 N–H and O–H groups in total. The number of ether oxygens (including phenoxy) is 1. The minimum atomic E-state index is -4.64. The number of nitrogens with zero attached hydrogens (tertiary/aromatic N) is 5. The lowest BCUT2D eigenvalue weighted by atomic mass is 10.1. The number of aromatic amines is 1. The Labute approximate surface area is 200 Å². The smallest absolute Gasteiger partial charge is 0.410 e. The normalized spacial score (nSPS) is 12.4. The van der Waals surface area contributed by atoms with Gasteiger partial charge in [-0.25, -0.2) is 9.07 Å². The van der Waals surface area contributed by atoms with Gasteiger partial charge in [-0.05, 0) is 25.1 Å². The van der Waals surface area contributed by atoms with Crippen LogP contribution in [0.5, 0.6) is 5.75 Å². The number of nitrogens with two attached hydrogens (primary N) is 1. The zero-order valence-corrected chi connectivity index (χ0v) is 18.8. The number of hydrogen-bond acceptors (Lipinski definition) is 7. The second-order valence-corrected chi connectivity index (χ2v) is 7.69. The van der Waals surface area contributed by atoms with Crippen LogP contribution in [-0.2, 0) is 6.54 Å². The van der Waals surface area contributed by atoms with E-state index >= 15 is 0 Å². The topological polar surface area (TPSA) is 148 Å². The van der Waals surface area contributed by atoms with Gasteiger partial charge in [0.25, 0.3) is 5.91 Å². The number of halogens is 4. The van der Waals surface area contributed by atoms with Crippen molar-refractivity contribution in [2.45, 2.75) is 25.7 Å². The summed E-state index contributed by atoms with van der Waals surface area (Å²) in [7, 11) is 1.34. The van der Waals surface area contributed by atoms with Crippen molar-refractivity contribution in [1.82, 2.24) is 30.3 Å². The summed E-state index contributed by atoms with van der Waals surface area (Å²) in [6.45, 7) is 0.767. The zero-order chi connectivity index (χ0) is 26.2. The molecule has 0 aliphatic carbocycles. The third kappa shape index (κ3) is 4.26. The second kappa shape index (κ2) is 9.17. The van der Waals surface area contributed by atoms with Crippen LogP contribution in [0.3, 0.4) is 0 Å². The number of alkyl halides is 3. The molecule has 186 valence electrons. The van der Waals surface area contributed by atoms with Crippen LogP contribution in [0.2, 0.25) is 0 Å². The van der Waals surface area contributed by atoms with Crippen LogP contribution in [0.15, 0.2) is 30.6 Å². The Kier molecular flexibility index (Phi) is 6.23. The molecule has 0 spiro atoms. The highest BCUT2D eigenvalue weighted by Crippen LogP contribution is 2.37. The predicted molar refractivity (Wildman–Crippen MR) is 119 cm³/mol. The van der Waals surface area contributed by atoms with E-state index in [-0.39, 0.29) is 34.7 Å². The number of anilines is 1. The lowest BCUT2D eigenvalue weighted by Crippen LogP contribution is -2.25. The minimum Gasteiger partial charge on any atom is -0.496 e. The highest BCUT2D eigenvalue weighted by Gasteiger charge is 2.40. The summed E-state index contributed by atoms with van der Waals surface area (Å²) in [5, 5.41) is 23.2. The van der Waals surface area contributed by atoms with E-state index in [1.165, 1.54) is 25.6 Å². The predicted octanol–water partition coefficient (Wildman–Crippen LogP) is 3.48. The fourth-order valence-electron chi connectivity index (χ4n) is 3.61. The molecule has 3 aromatic heterocycles. The third-order valence-electron chi connectivity index (χ3n) is 5.55. The van der Waals surface area contributed by atoms with Crippen molar-refractivity contribution in [3.63, 3.8) is 0 Å². The van der Waals surface area contributed by atoms with E-state index < -0.39 is 29.8 Å². The van der Waals surface area contributed by atoms with Crippen LogP contribution >= 0.6 is 0 Å². The van der Waals surface area contributed by atoms with E-state index in [0.717, 1.165) is 19.1 Å². The summed E-state index contributed by atoms with van der Waals surface area (Å²) in [4.78, 5) is 16.9. The van der Waals surface area contributed by atoms with E-state index in [1.54, 1.807) is 6.07 Å². The van der Waals surface area contributed by atoms with Gasteiger partial charge in [0, 0.05) is 17.1 Å². The van der Waals surface area contributed by atoms with E-state index in [9.17, 15) is 27.6 Å². The van der Waals surface area contributed by atoms with Gasteiger partial charge in [-0.2, -0.15) is 28.6 Å². The molecule has 0 saturated heterocycles. The molecule has 0 aliphatic heterocycles. The summed E-state index contributed by atoms with van der Waals surface area (Å²) in [5.74, 6) is -1.50. The average molecular weight is 502 g/mol. The number of H-pyrrole nitrogens is 1. The summed E-state index contributed by atoms with van der Waals surface area (Å²) >= 11 is 0. The number of fused-ring (bicyclic) bond motifs is 1. The second-order valence-electron chi connectivity index (χ2n) is 7.69. The Morgan fingerprint density at radius 1 is 1.36 bits per heavy atom. The molecular formula is C22H18F4N8O2. The minimum absolute atomic E-state index is 0.0200. The maximum absolute atomic E-state index is 13.6. The van der Waals surface area contributed by atoms with Crippen LogP contribution in [0.4, 0.5) is 23.4 Å². The number of carbonyl (C=O) groups excluding carboxylic acids is 1. The molecule has 0 unspecified atom stereocenters. The molecule has 0 fully saturated rings. The van der Waals surface area contributed by atoms with Gasteiger partial charge in [-0.1, -0.05) is 0 Å². The van der Waals surface area contributed by atoms with E-state index in [1.807, 2.05) is 0 Å². The molecule has 0 bridgehead atoms. The van der Waals surface area contributed by atoms with E-state index in [0.29, 0.717) is 21.3 Å². The largest absolute Gasteiger partial charge is 0.496 e. The Hall–Kier alpha value is -4.67. The number of rotatable bonds is 6. The van der Waals surface area contributed by atoms with Gasteiger partial charge in [0.2, 0.25) is 0 Å². The third-order valence-corrected chi connectivity index (χ3v) is 5.55. The van der Waals surface area contributed by atoms with E-state index in [2.05, 4.69) is 25.6 Å². The number of pyridine rings is 1.